The fourth-order valence-corrected chi connectivity index (χ4v) is 3.22. The molecule has 1 N–H and O–H groups in total. The van der Waals surface area contributed by atoms with Gasteiger partial charge in [0.2, 0.25) is 0 Å². The highest BCUT2D eigenvalue weighted by molar-refractivity contribution is 9.10. The maximum atomic E-state index is 5.25. The molecule has 0 amide bonds. The SMILES string of the molecule is COc1ccc(Br)c(NCc2ccc(C(C)(C)C)s2)c1. The zero-order valence-corrected chi connectivity index (χ0v) is 14.7. The summed E-state index contributed by atoms with van der Waals surface area (Å²) >= 11 is 5.42. The molecule has 0 saturated carbocycles. The topological polar surface area (TPSA) is 21.3 Å². The van der Waals surface area contributed by atoms with Crippen molar-refractivity contribution < 1.29 is 4.74 Å². The van der Waals surface area contributed by atoms with Gasteiger partial charge in [-0.3, -0.25) is 0 Å². The molecule has 2 nitrogen and oxygen atoms in total. The van der Waals surface area contributed by atoms with Crippen LogP contribution in [0.4, 0.5) is 5.69 Å². The van der Waals surface area contributed by atoms with E-state index in [1.807, 2.05) is 29.5 Å². The summed E-state index contributed by atoms with van der Waals surface area (Å²) in [5.41, 5.74) is 1.27. The maximum absolute atomic E-state index is 5.25. The molecule has 1 heterocycles. The Morgan fingerprint density at radius 3 is 2.55 bits per heavy atom. The molecule has 0 unspecified atom stereocenters. The van der Waals surface area contributed by atoms with Crippen LogP contribution in [-0.4, -0.2) is 7.11 Å². The van der Waals surface area contributed by atoms with Gasteiger partial charge in [-0.1, -0.05) is 20.8 Å². The number of hydrogen-bond acceptors (Lipinski definition) is 3. The molecule has 0 saturated heterocycles. The van der Waals surface area contributed by atoms with E-state index in [0.29, 0.717) is 0 Å². The van der Waals surface area contributed by atoms with Crippen LogP contribution in [0.5, 0.6) is 5.75 Å². The second-order valence-electron chi connectivity index (χ2n) is 5.72. The van der Waals surface area contributed by atoms with Crippen LogP contribution in [0.15, 0.2) is 34.8 Å². The van der Waals surface area contributed by atoms with E-state index in [0.717, 1.165) is 22.5 Å². The van der Waals surface area contributed by atoms with Crippen LogP contribution in [-0.2, 0) is 12.0 Å². The van der Waals surface area contributed by atoms with Crippen LogP contribution < -0.4 is 10.1 Å². The number of benzene rings is 1. The zero-order chi connectivity index (χ0) is 14.8. The number of methoxy groups -OCH3 is 1. The lowest BCUT2D eigenvalue weighted by molar-refractivity contribution is 0.415. The minimum absolute atomic E-state index is 0.222. The second-order valence-corrected chi connectivity index (χ2v) is 7.74. The standard InChI is InChI=1S/C16H20BrNOS/c1-16(2,3)15-8-6-12(20-15)10-18-14-9-11(19-4)5-7-13(14)17/h5-9,18H,10H2,1-4H3. The molecule has 0 aliphatic rings. The minimum atomic E-state index is 0.222. The lowest BCUT2D eigenvalue weighted by Crippen LogP contribution is -2.07. The largest absolute Gasteiger partial charge is 0.497 e. The summed E-state index contributed by atoms with van der Waals surface area (Å²) in [6, 6.07) is 10.4. The van der Waals surface area contributed by atoms with Crippen molar-refractivity contribution >= 4 is 33.0 Å². The van der Waals surface area contributed by atoms with Crippen molar-refractivity contribution in [3.05, 3.63) is 44.6 Å². The molecule has 1 aromatic heterocycles. The van der Waals surface area contributed by atoms with Crippen molar-refractivity contribution in [2.24, 2.45) is 0 Å². The highest BCUT2D eigenvalue weighted by Crippen LogP contribution is 2.31. The van der Waals surface area contributed by atoms with Crippen LogP contribution in [0.25, 0.3) is 0 Å². The van der Waals surface area contributed by atoms with E-state index in [-0.39, 0.29) is 5.41 Å². The monoisotopic (exact) mass is 353 g/mol. The van der Waals surface area contributed by atoms with Gasteiger partial charge < -0.3 is 10.1 Å². The maximum Gasteiger partial charge on any atom is 0.121 e. The number of ether oxygens (including phenoxy) is 1. The van der Waals surface area contributed by atoms with Crippen molar-refractivity contribution in [1.82, 2.24) is 0 Å². The van der Waals surface area contributed by atoms with Crippen LogP contribution in [0.3, 0.4) is 0 Å². The summed E-state index contributed by atoms with van der Waals surface area (Å²) in [5, 5.41) is 3.45. The predicted molar refractivity (Wildman–Crippen MR) is 91.0 cm³/mol. The third-order valence-electron chi connectivity index (χ3n) is 3.03. The lowest BCUT2D eigenvalue weighted by atomic mass is 9.95. The van der Waals surface area contributed by atoms with E-state index in [2.05, 4.69) is 54.2 Å². The second kappa shape index (κ2) is 6.19. The molecule has 0 bridgehead atoms. The molecule has 1 aromatic carbocycles. The summed E-state index contributed by atoms with van der Waals surface area (Å²) in [4.78, 5) is 2.75. The smallest absolute Gasteiger partial charge is 0.121 e. The van der Waals surface area contributed by atoms with Gasteiger partial charge in [0.05, 0.1) is 12.8 Å². The third kappa shape index (κ3) is 3.76. The minimum Gasteiger partial charge on any atom is -0.497 e. The first-order valence-corrected chi connectivity index (χ1v) is 8.17. The molecule has 2 rings (SSSR count). The summed E-state index contributed by atoms with van der Waals surface area (Å²) in [7, 11) is 1.68. The summed E-state index contributed by atoms with van der Waals surface area (Å²) in [6.45, 7) is 7.56. The van der Waals surface area contributed by atoms with Crippen molar-refractivity contribution in [1.29, 1.82) is 0 Å². The number of anilines is 1. The Morgan fingerprint density at radius 2 is 1.95 bits per heavy atom. The van der Waals surface area contributed by atoms with Crippen molar-refractivity contribution in [2.75, 3.05) is 12.4 Å². The first kappa shape index (κ1) is 15.4. The number of halogens is 1. The van der Waals surface area contributed by atoms with Gasteiger partial charge in [-0.15, -0.1) is 11.3 Å². The fourth-order valence-electron chi connectivity index (χ4n) is 1.83. The van der Waals surface area contributed by atoms with E-state index in [1.54, 1.807) is 7.11 Å². The molecule has 4 heteroatoms. The first-order valence-electron chi connectivity index (χ1n) is 6.57. The summed E-state index contributed by atoms with van der Waals surface area (Å²) in [5.74, 6) is 0.859. The van der Waals surface area contributed by atoms with Crippen molar-refractivity contribution in [3.8, 4) is 5.75 Å². The zero-order valence-electron chi connectivity index (χ0n) is 12.3. The van der Waals surface area contributed by atoms with Gasteiger partial charge in [0.25, 0.3) is 0 Å². The quantitative estimate of drug-likeness (QED) is 0.791. The van der Waals surface area contributed by atoms with Crippen LogP contribution in [0.2, 0.25) is 0 Å². The molecule has 0 atom stereocenters. The highest BCUT2D eigenvalue weighted by Gasteiger charge is 2.15. The summed E-state index contributed by atoms with van der Waals surface area (Å²) < 4.78 is 6.30. The number of thiophene rings is 1. The number of rotatable bonds is 4. The van der Waals surface area contributed by atoms with Gasteiger partial charge in [0, 0.05) is 26.8 Å². The highest BCUT2D eigenvalue weighted by atomic mass is 79.9. The normalized spacial score (nSPS) is 11.4. The van der Waals surface area contributed by atoms with Crippen LogP contribution >= 0.6 is 27.3 Å². The Hall–Kier alpha value is -1.00. The Kier molecular flexibility index (Phi) is 4.76. The first-order chi connectivity index (χ1) is 9.40. The van der Waals surface area contributed by atoms with Gasteiger partial charge in [-0.2, -0.15) is 0 Å². The Balaban J connectivity index is 2.07. The number of hydrogen-bond donors (Lipinski definition) is 1. The average Bonchev–Trinajstić information content (AvgIpc) is 2.86. The average molecular weight is 354 g/mol. The van der Waals surface area contributed by atoms with Gasteiger partial charge >= 0.3 is 0 Å². The Morgan fingerprint density at radius 1 is 1.20 bits per heavy atom. The fraction of sp³-hybridized carbons (Fsp3) is 0.375. The molecule has 0 fully saturated rings. The van der Waals surface area contributed by atoms with Crippen molar-refractivity contribution in [2.45, 2.75) is 32.7 Å². The van der Waals surface area contributed by atoms with Crippen LogP contribution in [0.1, 0.15) is 30.5 Å². The number of nitrogens with one attached hydrogen (secondary N) is 1. The predicted octanol–water partition coefficient (Wildman–Crippen LogP) is 5.43. The molecular weight excluding hydrogens is 334 g/mol. The third-order valence-corrected chi connectivity index (χ3v) is 5.23. The van der Waals surface area contributed by atoms with Crippen LogP contribution in [0, 0.1) is 0 Å². The molecule has 0 radical (unpaired) electrons. The Labute approximate surface area is 133 Å². The van der Waals surface area contributed by atoms with E-state index >= 15 is 0 Å². The van der Waals surface area contributed by atoms with Gasteiger partial charge in [0.15, 0.2) is 0 Å². The summed E-state index contributed by atoms with van der Waals surface area (Å²) in [6.07, 6.45) is 0. The molecule has 0 aliphatic carbocycles. The molecule has 20 heavy (non-hydrogen) atoms. The van der Waals surface area contributed by atoms with Gasteiger partial charge in [-0.05, 0) is 45.6 Å². The molecule has 108 valence electrons. The molecule has 2 aromatic rings. The molecular formula is C16H20BrNOS. The van der Waals surface area contributed by atoms with E-state index < -0.39 is 0 Å². The van der Waals surface area contributed by atoms with Gasteiger partial charge in [0.1, 0.15) is 5.75 Å². The van der Waals surface area contributed by atoms with Crippen molar-refractivity contribution in [3.63, 3.8) is 0 Å². The van der Waals surface area contributed by atoms with Gasteiger partial charge in [-0.25, -0.2) is 0 Å². The lowest BCUT2D eigenvalue weighted by Gasteiger charge is -2.15. The Bertz CT molecular complexity index is 586. The molecule has 0 spiro atoms. The van der Waals surface area contributed by atoms with E-state index in [4.69, 9.17) is 4.74 Å². The van der Waals surface area contributed by atoms with E-state index in [9.17, 15) is 0 Å². The van der Waals surface area contributed by atoms with E-state index in [1.165, 1.54) is 9.75 Å². The molecule has 0 aliphatic heterocycles.